The molecule has 0 amide bonds. The number of benzene rings is 1. The van der Waals surface area contributed by atoms with Crippen LogP contribution < -0.4 is 10.4 Å². The lowest BCUT2D eigenvalue weighted by atomic mass is 10.3. The third-order valence-electron chi connectivity index (χ3n) is 1.91. The molecule has 0 spiro atoms. The first-order valence-corrected chi connectivity index (χ1v) is 4.94. The van der Waals surface area contributed by atoms with E-state index in [0.29, 0.717) is 11.4 Å². The van der Waals surface area contributed by atoms with Gasteiger partial charge in [-0.3, -0.25) is 0 Å². The number of nitrogens with one attached hydrogen (secondary N) is 1. The molecule has 0 radical (unpaired) electrons. The van der Waals surface area contributed by atoms with Crippen LogP contribution in [0.25, 0.3) is 5.69 Å². The fourth-order valence-electron chi connectivity index (χ4n) is 1.33. The monoisotopic (exact) mass is 220 g/mol. The van der Waals surface area contributed by atoms with Crippen molar-refractivity contribution in [1.82, 2.24) is 20.2 Å². The van der Waals surface area contributed by atoms with Crippen LogP contribution in [-0.4, -0.2) is 26.3 Å². The second kappa shape index (κ2) is 4.18. The highest BCUT2D eigenvalue weighted by molar-refractivity contribution is 5.38. The van der Waals surface area contributed by atoms with E-state index in [1.54, 1.807) is 18.2 Å². The van der Waals surface area contributed by atoms with Gasteiger partial charge in [-0.2, -0.15) is 4.68 Å². The van der Waals surface area contributed by atoms with Crippen LogP contribution in [0.3, 0.4) is 0 Å². The molecule has 0 saturated carbocycles. The van der Waals surface area contributed by atoms with Crippen LogP contribution in [-0.2, 0) is 0 Å². The van der Waals surface area contributed by atoms with Crippen LogP contribution in [0, 0.1) is 0 Å². The third-order valence-corrected chi connectivity index (χ3v) is 1.91. The van der Waals surface area contributed by atoms with Crippen molar-refractivity contribution in [1.29, 1.82) is 0 Å². The molecule has 1 aromatic carbocycles. The van der Waals surface area contributed by atoms with Gasteiger partial charge in [0.2, 0.25) is 0 Å². The first-order chi connectivity index (χ1) is 7.66. The van der Waals surface area contributed by atoms with Gasteiger partial charge in [-0.05, 0) is 36.4 Å². The Bertz CT molecular complexity index is 529. The van der Waals surface area contributed by atoms with Gasteiger partial charge in [0.05, 0.1) is 11.8 Å². The molecule has 2 rings (SSSR count). The Morgan fingerprint density at radius 2 is 2.25 bits per heavy atom. The molecule has 0 aliphatic heterocycles. The quantitative estimate of drug-likeness (QED) is 0.828. The normalized spacial score (nSPS) is 10.7. The molecule has 0 saturated heterocycles. The average molecular weight is 220 g/mol. The highest BCUT2D eigenvalue weighted by Gasteiger charge is 2.04. The summed E-state index contributed by atoms with van der Waals surface area (Å²) < 4.78 is 6.69. The lowest BCUT2D eigenvalue weighted by molar-refractivity contribution is 0.242. The van der Waals surface area contributed by atoms with Crippen LogP contribution in [0.1, 0.15) is 13.8 Å². The van der Waals surface area contributed by atoms with Crippen molar-refractivity contribution in [3.63, 3.8) is 0 Å². The average Bonchev–Trinajstić information content (AvgIpc) is 2.64. The van der Waals surface area contributed by atoms with E-state index < -0.39 is 0 Å². The minimum atomic E-state index is -0.373. The maximum Gasteiger partial charge on any atom is 0.365 e. The highest BCUT2D eigenvalue weighted by Crippen LogP contribution is 2.16. The highest BCUT2D eigenvalue weighted by atomic mass is 16.5. The summed E-state index contributed by atoms with van der Waals surface area (Å²) in [5.74, 6) is 0.697. The number of hydrogen-bond acceptors (Lipinski definition) is 4. The lowest BCUT2D eigenvalue weighted by Crippen LogP contribution is -2.16. The summed E-state index contributed by atoms with van der Waals surface area (Å²) in [6, 6.07) is 7.13. The van der Waals surface area contributed by atoms with Crippen LogP contribution in [0.4, 0.5) is 0 Å². The molecule has 1 heterocycles. The Morgan fingerprint density at radius 1 is 1.44 bits per heavy atom. The van der Waals surface area contributed by atoms with Gasteiger partial charge in [-0.25, -0.2) is 9.89 Å². The Hall–Kier alpha value is -2.11. The van der Waals surface area contributed by atoms with Crippen molar-refractivity contribution in [2.75, 3.05) is 0 Å². The molecule has 0 unspecified atom stereocenters. The van der Waals surface area contributed by atoms with Gasteiger partial charge in [-0.1, -0.05) is 6.07 Å². The summed E-state index contributed by atoms with van der Waals surface area (Å²) in [6.45, 7) is 3.88. The Labute approximate surface area is 91.8 Å². The fourth-order valence-corrected chi connectivity index (χ4v) is 1.33. The zero-order valence-corrected chi connectivity index (χ0v) is 9.04. The molecule has 1 aromatic heterocycles. The van der Waals surface area contributed by atoms with E-state index in [4.69, 9.17) is 4.74 Å². The Balaban J connectivity index is 2.36. The number of H-pyrrole nitrogens is 1. The molecule has 6 nitrogen and oxygen atoms in total. The van der Waals surface area contributed by atoms with Crippen molar-refractivity contribution in [3.8, 4) is 11.4 Å². The van der Waals surface area contributed by atoms with E-state index in [2.05, 4.69) is 15.5 Å². The molecule has 84 valence electrons. The largest absolute Gasteiger partial charge is 0.491 e. The Morgan fingerprint density at radius 3 is 2.88 bits per heavy atom. The third kappa shape index (κ3) is 2.10. The zero-order chi connectivity index (χ0) is 11.5. The topological polar surface area (TPSA) is 72.8 Å². The van der Waals surface area contributed by atoms with Crippen molar-refractivity contribution < 1.29 is 4.74 Å². The van der Waals surface area contributed by atoms with Gasteiger partial charge in [0.15, 0.2) is 0 Å². The smallest absolute Gasteiger partial charge is 0.365 e. The second-order valence-electron chi connectivity index (χ2n) is 3.58. The van der Waals surface area contributed by atoms with E-state index in [-0.39, 0.29) is 11.8 Å². The number of aromatic nitrogens is 4. The second-order valence-corrected chi connectivity index (χ2v) is 3.58. The molecule has 2 aromatic rings. The van der Waals surface area contributed by atoms with Crippen LogP contribution in [0.2, 0.25) is 0 Å². The molecule has 6 heteroatoms. The number of rotatable bonds is 3. The molecule has 0 fully saturated rings. The summed E-state index contributed by atoms with van der Waals surface area (Å²) in [6.07, 6.45) is 0.0873. The van der Waals surface area contributed by atoms with Gasteiger partial charge in [0.25, 0.3) is 0 Å². The minimum Gasteiger partial charge on any atom is -0.491 e. The molecule has 0 atom stereocenters. The standard InChI is InChI=1S/C10H12N4O2/c1-7(2)16-9-5-3-4-8(6-9)14-10(15)11-12-13-14/h3-7H,1-2H3,(H,11,13,15). The Kier molecular flexibility index (Phi) is 2.72. The van der Waals surface area contributed by atoms with E-state index >= 15 is 0 Å². The summed E-state index contributed by atoms with van der Waals surface area (Å²) in [5, 5.41) is 9.31. The summed E-state index contributed by atoms with van der Waals surface area (Å²) in [7, 11) is 0. The number of nitrogens with zero attached hydrogens (tertiary/aromatic N) is 3. The van der Waals surface area contributed by atoms with Crippen molar-refractivity contribution in [2.24, 2.45) is 0 Å². The van der Waals surface area contributed by atoms with Crippen LogP contribution in [0.5, 0.6) is 5.75 Å². The fraction of sp³-hybridized carbons (Fsp3) is 0.300. The first-order valence-electron chi connectivity index (χ1n) is 4.94. The molecule has 1 N–H and O–H groups in total. The molecule has 16 heavy (non-hydrogen) atoms. The lowest BCUT2D eigenvalue weighted by Gasteiger charge is -2.10. The van der Waals surface area contributed by atoms with Crippen molar-refractivity contribution in [3.05, 3.63) is 34.7 Å². The van der Waals surface area contributed by atoms with Crippen LogP contribution >= 0.6 is 0 Å². The van der Waals surface area contributed by atoms with Gasteiger partial charge < -0.3 is 4.74 Å². The zero-order valence-electron chi connectivity index (χ0n) is 9.04. The van der Waals surface area contributed by atoms with E-state index in [9.17, 15) is 4.79 Å². The molecule has 0 aliphatic rings. The van der Waals surface area contributed by atoms with E-state index in [0.717, 1.165) is 0 Å². The molecular weight excluding hydrogens is 208 g/mol. The van der Waals surface area contributed by atoms with Gasteiger partial charge in [-0.15, -0.1) is 0 Å². The summed E-state index contributed by atoms with van der Waals surface area (Å²) >= 11 is 0. The number of hydrogen-bond donors (Lipinski definition) is 1. The predicted octanol–water partition coefficient (Wildman–Crippen LogP) is 0.743. The summed E-state index contributed by atoms with van der Waals surface area (Å²) in [4.78, 5) is 11.3. The van der Waals surface area contributed by atoms with E-state index in [1.807, 2.05) is 19.9 Å². The van der Waals surface area contributed by atoms with Crippen LogP contribution in [0.15, 0.2) is 29.1 Å². The molecule has 0 bridgehead atoms. The van der Waals surface area contributed by atoms with Gasteiger partial charge in [0.1, 0.15) is 5.75 Å². The van der Waals surface area contributed by atoms with Crippen molar-refractivity contribution >= 4 is 0 Å². The number of aromatic amines is 1. The first kappa shape index (κ1) is 10.4. The molecular formula is C10H12N4O2. The minimum absolute atomic E-state index is 0.0873. The maximum atomic E-state index is 11.3. The number of ether oxygens (including phenoxy) is 1. The number of tetrazole rings is 1. The maximum absolute atomic E-state index is 11.3. The summed E-state index contributed by atoms with van der Waals surface area (Å²) in [5.41, 5.74) is 0.249. The molecule has 0 aliphatic carbocycles. The van der Waals surface area contributed by atoms with Gasteiger partial charge in [0, 0.05) is 6.07 Å². The van der Waals surface area contributed by atoms with E-state index in [1.165, 1.54) is 4.68 Å². The van der Waals surface area contributed by atoms with Gasteiger partial charge >= 0.3 is 5.69 Å². The van der Waals surface area contributed by atoms with Crippen molar-refractivity contribution in [2.45, 2.75) is 20.0 Å². The predicted molar refractivity (Wildman–Crippen MR) is 57.7 cm³/mol. The SMILES string of the molecule is CC(C)Oc1cccc(-n2nn[nH]c2=O)c1.